The van der Waals surface area contributed by atoms with Gasteiger partial charge in [-0.15, -0.1) is 0 Å². The second-order valence-corrected chi connectivity index (χ2v) is 8.11. The molecular weight excluding hydrogens is 406 g/mol. The van der Waals surface area contributed by atoms with Crippen molar-refractivity contribution >= 4 is 22.6 Å². The number of nitrogens with one attached hydrogen (secondary N) is 1. The number of nitrogens with zero attached hydrogens (tertiary/aromatic N) is 1. The molecule has 3 aromatic rings. The number of hydrogen-bond acceptors (Lipinski definition) is 5. The van der Waals surface area contributed by atoms with Crippen molar-refractivity contribution < 1.29 is 24.3 Å². The van der Waals surface area contributed by atoms with E-state index < -0.39 is 12.2 Å². The van der Waals surface area contributed by atoms with Crippen molar-refractivity contribution in [3.05, 3.63) is 77.9 Å². The molecule has 0 aliphatic carbocycles. The number of amides is 1. The molecule has 0 saturated carbocycles. The summed E-state index contributed by atoms with van der Waals surface area (Å²) in [5.74, 6) is 0. The Hall–Kier alpha value is -3.44. The summed E-state index contributed by atoms with van der Waals surface area (Å²) < 4.78 is 17.6. The molecule has 0 aromatic heterocycles. The van der Waals surface area contributed by atoms with Crippen LogP contribution >= 0.6 is 0 Å². The number of quaternary nitrogens is 1. The fourth-order valence-corrected chi connectivity index (χ4v) is 4.46. The molecule has 0 radical (unpaired) electrons. The second kappa shape index (κ2) is 8.97. The molecule has 5 rings (SSSR count). The summed E-state index contributed by atoms with van der Waals surface area (Å²) in [6, 6.07) is 23.5. The minimum absolute atomic E-state index is 0.112. The minimum atomic E-state index is -0.514. The van der Waals surface area contributed by atoms with E-state index in [0.29, 0.717) is 24.5 Å². The van der Waals surface area contributed by atoms with Gasteiger partial charge >= 0.3 is 6.09 Å². The standard InChI is InChI=1S/C25H23N3O4/c26-12-16-5-3-6-17(11-16)13-27-21-14-30-24-22(15-31-23(21)24)32-25(29)28-20-10-4-8-18-7-1-2-9-19(18)20/h1-11,21-24,27H,13-15H2,(H,28,29)/p+1/t21-,22+,23+,24+/m0/s1. The maximum atomic E-state index is 12.6. The third-order valence-corrected chi connectivity index (χ3v) is 6.04. The van der Waals surface area contributed by atoms with E-state index in [1.807, 2.05) is 60.7 Å². The van der Waals surface area contributed by atoms with E-state index in [9.17, 15) is 4.79 Å². The first-order valence-electron chi connectivity index (χ1n) is 10.7. The van der Waals surface area contributed by atoms with Crippen molar-refractivity contribution in [2.24, 2.45) is 0 Å². The van der Waals surface area contributed by atoms with Crippen molar-refractivity contribution in [2.75, 3.05) is 18.5 Å². The van der Waals surface area contributed by atoms with E-state index in [0.717, 1.165) is 22.9 Å². The Balaban J connectivity index is 1.17. The third kappa shape index (κ3) is 4.16. The van der Waals surface area contributed by atoms with Crippen molar-refractivity contribution in [2.45, 2.75) is 30.9 Å². The Bertz CT molecular complexity index is 1170. The molecule has 7 heteroatoms. The van der Waals surface area contributed by atoms with Crippen LogP contribution in [-0.2, 0) is 20.8 Å². The summed E-state index contributed by atoms with van der Waals surface area (Å²) in [4.78, 5) is 12.6. The first kappa shape index (κ1) is 20.5. The Morgan fingerprint density at radius 1 is 1.06 bits per heavy atom. The summed E-state index contributed by atoms with van der Waals surface area (Å²) in [7, 11) is 0. The zero-order chi connectivity index (χ0) is 21.9. The molecular formula is C25H24N3O4+. The molecule has 162 valence electrons. The van der Waals surface area contributed by atoms with E-state index in [1.54, 1.807) is 6.07 Å². The van der Waals surface area contributed by atoms with Gasteiger partial charge in [0.05, 0.1) is 23.9 Å². The molecule has 2 heterocycles. The SMILES string of the molecule is N#Cc1cccc(C[NH2+][C@H]2CO[C@H]3[C@@H]2OC[C@H]3OC(=O)Nc2cccc3ccccc23)c1. The third-order valence-electron chi connectivity index (χ3n) is 6.04. The van der Waals surface area contributed by atoms with Crippen molar-refractivity contribution in [3.8, 4) is 6.07 Å². The van der Waals surface area contributed by atoms with Gasteiger partial charge in [-0.1, -0.05) is 48.5 Å². The van der Waals surface area contributed by atoms with E-state index in [-0.39, 0.29) is 18.2 Å². The van der Waals surface area contributed by atoms with Crippen molar-refractivity contribution in [1.82, 2.24) is 0 Å². The quantitative estimate of drug-likeness (QED) is 0.649. The number of nitriles is 1. The van der Waals surface area contributed by atoms with Crippen LogP contribution in [0.1, 0.15) is 11.1 Å². The Morgan fingerprint density at radius 2 is 1.88 bits per heavy atom. The highest BCUT2D eigenvalue weighted by Gasteiger charge is 2.51. The van der Waals surface area contributed by atoms with Gasteiger partial charge in [0.2, 0.25) is 0 Å². The van der Waals surface area contributed by atoms with Gasteiger partial charge in [0.25, 0.3) is 0 Å². The predicted molar refractivity (Wildman–Crippen MR) is 118 cm³/mol. The molecule has 2 fully saturated rings. The maximum Gasteiger partial charge on any atom is 0.412 e. The molecule has 4 atom stereocenters. The van der Waals surface area contributed by atoms with E-state index in [4.69, 9.17) is 19.5 Å². The van der Waals surface area contributed by atoms with Gasteiger partial charge in [0.15, 0.2) is 6.10 Å². The molecule has 3 N–H and O–H groups in total. The fraction of sp³-hybridized carbons (Fsp3) is 0.280. The number of anilines is 1. The molecule has 0 unspecified atom stereocenters. The van der Waals surface area contributed by atoms with Gasteiger partial charge in [-0.05, 0) is 23.6 Å². The highest BCUT2D eigenvalue weighted by Crippen LogP contribution is 2.28. The first-order valence-corrected chi connectivity index (χ1v) is 10.7. The van der Waals surface area contributed by atoms with Crippen molar-refractivity contribution in [1.29, 1.82) is 5.26 Å². The summed E-state index contributed by atoms with van der Waals surface area (Å²) in [5, 5.41) is 16.1. The largest absolute Gasteiger partial charge is 0.441 e. The van der Waals surface area contributed by atoms with Crippen LogP contribution in [0.4, 0.5) is 10.5 Å². The number of carbonyl (C=O) groups is 1. The highest BCUT2D eigenvalue weighted by atomic mass is 16.6. The van der Waals surface area contributed by atoms with Gasteiger partial charge in [0.1, 0.15) is 31.4 Å². The van der Waals surface area contributed by atoms with Gasteiger partial charge < -0.3 is 19.5 Å². The second-order valence-electron chi connectivity index (χ2n) is 8.11. The van der Waals surface area contributed by atoms with Crippen molar-refractivity contribution in [3.63, 3.8) is 0 Å². The van der Waals surface area contributed by atoms with Crippen LogP contribution in [0.25, 0.3) is 10.8 Å². The zero-order valence-corrected chi connectivity index (χ0v) is 17.4. The van der Waals surface area contributed by atoms with E-state index in [1.165, 1.54) is 0 Å². The fourth-order valence-electron chi connectivity index (χ4n) is 4.46. The lowest BCUT2D eigenvalue weighted by molar-refractivity contribution is -0.707. The van der Waals surface area contributed by atoms with Gasteiger partial charge in [-0.25, -0.2) is 4.79 Å². The number of fused-ring (bicyclic) bond motifs is 2. The molecule has 3 aromatic carbocycles. The molecule has 2 aliphatic heterocycles. The normalized spacial score (nSPS) is 24.1. The van der Waals surface area contributed by atoms with Crippen LogP contribution in [0.3, 0.4) is 0 Å². The van der Waals surface area contributed by atoms with E-state index in [2.05, 4.69) is 16.7 Å². The van der Waals surface area contributed by atoms with Crippen LogP contribution in [0.5, 0.6) is 0 Å². The van der Waals surface area contributed by atoms with Crippen LogP contribution in [0.15, 0.2) is 66.7 Å². The average molecular weight is 430 g/mol. The first-order chi connectivity index (χ1) is 15.7. The van der Waals surface area contributed by atoms with Gasteiger partial charge in [-0.2, -0.15) is 5.26 Å². The Morgan fingerprint density at radius 3 is 2.78 bits per heavy atom. The molecule has 0 spiro atoms. The average Bonchev–Trinajstić information content (AvgIpc) is 3.41. The lowest BCUT2D eigenvalue weighted by Gasteiger charge is -2.17. The summed E-state index contributed by atoms with van der Waals surface area (Å²) in [6.45, 7) is 1.56. The number of benzene rings is 3. The number of ether oxygens (including phenoxy) is 3. The maximum absolute atomic E-state index is 12.6. The zero-order valence-electron chi connectivity index (χ0n) is 17.4. The number of hydrogen-bond donors (Lipinski definition) is 2. The highest BCUT2D eigenvalue weighted by molar-refractivity contribution is 6.00. The lowest BCUT2D eigenvalue weighted by Crippen LogP contribution is -2.91. The number of nitrogens with two attached hydrogens (primary N) is 1. The molecule has 1 amide bonds. The molecule has 2 saturated heterocycles. The predicted octanol–water partition coefficient (Wildman–Crippen LogP) is 2.56. The number of carbonyl (C=O) groups excluding carboxylic acids is 1. The summed E-state index contributed by atoms with van der Waals surface area (Å²) >= 11 is 0. The van der Waals surface area contributed by atoms with Gasteiger partial charge in [0, 0.05) is 10.9 Å². The van der Waals surface area contributed by atoms with Crippen LogP contribution in [-0.4, -0.2) is 43.7 Å². The van der Waals surface area contributed by atoms with Crippen LogP contribution < -0.4 is 10.6 Å². The molecule has 7 nitrogen and oxygen atoms in total. The number of rotatable bonds is 5. The molecule has 0 bridgehead atoms. The Kier molecular flexibility index (Phi) is 5.73. The van der Waals surface area contributed by atoms with Crippen LogP contribution in [0, 0.1) is 11.3 Å². The minimum Gasteiger partial charge on any atom is -0.441 e. The topological polar surface area (TPSA) is 97.2 Å². The summed E-state index contributed by atoms with van der Waals surface area (Å²) in [6.07, 6.45) is -1.38. The summed E-state index contributed by atoms with van der Waals surface area (Å²) in [5.41, 5.74) is 2.44. The van der Waals surface area contributed by atoms with E-state index >= 15 is 0 Å². The smallest absolute Gasteiger partial charge is 0.412 e. The van der Waals surface area contributed by atoms with Crippen LogP contribution in [0.2, 0.25) is 0 Å². The molecule has 32 heavy (non-hydrogen) atoms. The Labute approximate surface area is 185 Å². The monoisotopic (exact) mass is 430 g/mol. The molecule has 2 aliphatic rings. The van der Waals surface area contributed by atoms with Gasteiger partial charge in [-0.3, -0.25) is 5.32 Å². The lowest BCUT2D eigenvalue weighted by atomic mass is 10.1.